The molecule has 1 amide bonds. The molecule has 8 heteroatoms. The number of benzene rings is 1. The van der Waals surface area contributed by atoms with Crippen molar-refractivity contribution in [3.8, 4) is 0 Å². The molecule has 1 aliphatic carbocycles. The number of amides is 1. The number of rotatable bonds is 4. The molecular formula is C20H28N2O5S. The van der Waals surface area contributed by atoms with E-state index in [-0.39, 0.29) is 19.0 Å². The van der Waals surface area contributed by atoms with Crippen molar-refractivity contribution in [3.63, 3.8) is 0 Å². The maximum absolute atomic E-state index is 13.0. The van der Waals surface area contributed by atoms with Crippen LogP contribution in [0.3, 0.4) is 0 Å². The minimum atomic E-state index is -3.61. The van der Waals surface area contributed by atoms with Gasteiger partial charge in [0, 0.05) is 26.2 Å². The predicted octanol–water partition coefficient (Wildman–Crippen LogP) is 2.03. The van der Waals surface area contributed by atoms with E-state index in [9.17, 15) is 23.1 Å². The Balaban J connectivity index is 1.69. The van der Waals surface area contributed by atoms with Crippen molar-refractivity contribution < 1.29 is 23.1 Å². The van der Waals surface area contributed by atoms with E-state index in [2.05, 4.69) is 0 Å². The van der Waals surface area contributed by atoms with Crippen LogP contribution in [0.2, 0.25) is 0 Å². The van der Waals surface area contributed by atoms with Gasteiger partial charge in [-0.3, -0.25) is 9.59 Å². The quantitative estimate of drug-likeness (QED) is 0.823. The summed E-state index contributed by atoms with van der Waals surface area (Å²) in [5, 5.41) is 9.42. The third-order valence-corrected chi connectivity index (χ3v) is 7.95. The van der Waals surface area contributed by atoms with E-state index in [0.29, 0.717) is 36.4 Å². The highest BCUT2D eigenvalue weighted by atomic mass is 32.2. The van der Waals surface area contributed by atoms with Crippen molar-refractivity contribution in [2.75, 3.05) is 26.2 Å². The van der Waals surface area contributed by atoms with Crippen LogP contribution in [0, 0.1) is 25.7 Å². The molecule has 2 fully saturated rings. The van der Waals surface area contributed by atoms with Gasteiger partial charge in [0.25, 0.3) is 0 Å². The Morgan fingerprint density at radius 1 is 1.00 bits per heavy atom. The van der Waals surface area contributed by atoms with Gasteiger partial charge in [0.2, 0.25) is 15.9 Å². The van der Waals surface area contributed by atoms with E-state index in [4.69, 9.17) is 0 Å². The predicted molar refractivity (Wildman–Crippen MR) is 104 cm³/mol. The SMILES string of the molecule is Cc1ccc(C)c(S(=O)(=O)N2CCN(C(=O)[C@@H]3CCCC[C@H]3C(=O)O)CC2)c1. The highest BCUT2D eigenvalue weighted by molar-refractivity contribution is 7.89. The first-order chi connectivity index (χ1) is 13.2. The van der Waals surface area contributed by atoms with E-state index in [1.54, 1.807) is 24.0 Å². The molecule has 1 saturated carbocycles. The van der Waals surface area contributed by atoms with Gasteiger partial charge in [0.15, 0.2) is 0 Å². The van der Waals surface area contributed by atoms with Crippen molar-refractivity contribution in [1.29, 1.82) is 0 Å². The van der Waals surface area contributed by atoms with E-state index >= 15 is 0 Å². The molecule has 7 nitrogen and oxygen atoms in total. The molecule has 0 spiro atoms. The average molecular weight is 409 g/mol. The fourth-order valence-corrected chi connectivity index (χ4v) is 5.96. The summed E-state index contributed by atoms with van der Waals surface area (Å²) in [6.45, 7) is 4.69. The van der Waals surface area contributed by atoms with Crippen LogP contribution in [0.5, 0.6) is 0 Å². The second-order valence-corrected chi connectivity index (χ2v) is 9.74. The van der Waals surface area contributed by atoms with Crippen LogP contribution in [0.25, 0.3) is 0 Å². The van der Waals surface area contributed by atoms with Gasteiger partial charge in [0.05, 0.1) is 16.7 Å². The first-order valence-corrected chi connectivity index (χ1v) is 11.2. The number of piperazine rings is 1. The summed E-state index contributed by atoms with van der Waals surface area (Å²) < 4.78 is 27.5. The third kappa shape index (κ3) is 4.07. The number of carboxylic acid groups (broad SMARTS) is 1. The summed E-state index contributed by atoms with van der Waals surface area (Å²) in [5.74, 6) is -2.17. The van der Waals surface area contributed by atoms with Crippen LogP contribution < -0.4 is 0 Å². The van der Waals surface area contributed by atoms with Crippen LogP contribution in [0.15, 0.2) is 23.1 Å². The molecule has 1 heterocycles. The lowest BCUT2D eigenvalue weighted by Crippen LogP contribution is -2.53. The summed E-state index contributed by atoms with van der Waals surface area (Å²) in [6.07, 6.45) is 2.83. The molecule has 0 bridgehead atoms. The second kappa shape index (κ2) is 8.21. The fourth-order valence-electron chi connectivity index (χ4n) is 4.23. The van der Waals surface area contributed by atoms with E-state index < -0.39 is 27.8 Å². The van der Waals surface area contributed by atoms with Crippen LogP contribution >= 0.6 is 0 Å². The maximum atomic E-state index is 13.0. The lowest BCUT2D eigenvalue weighted by molar-refractivity contribution is -0.152. The molecule has 28 heavy (non-hydrogen) atoms. The molecule has 154 valence electrons. The summed E-state index contributed by atoms with van der Waals surface area (Å²) in [6, 6.07) is 5.37. The van der Waals surface area contributed by atoms with Gasteiger partial charge in [-0.05, 0) is 43.9 Å². The van der Waals surface area contributed by atoms with Crippen molar-refractivity contribution in [3.05, 3.63) is 29.3 Å². The number of sulfonamides is 1. The van der Waals surface area contributed by atoms with E-state index in [0.717, 1.165) is 18.4 Å². The number of carbonyl (C=O) groups is 2. The first kappa shape index (κ1) is 20.8. The molecule has 0 aromatic heterocycles. The normalized spacial score (nSPS) is 24.1. The second-order valence-electron chi connectivity index (χ2n) is 7.83. The molecular weight excluding hydrogens is 380 g/mol. The molecule has 1 N–H and O–H groups in total. The molecule has 1 aliphatic heterocycles. The average Bonchev–Trinajstić information content (AvgIpc) is 2.69. The van der Waals surface area contributed by atoms with E-state index in [1.165, 1.54) is 4.31 Å². The third-order valence-electron chi connectivity index (χ3n) is 5.91. The zero-order valence-corrected chi connectivity index (χ0v) is 17.2. The van der Waals surface area contributed by atoms with Gasteiger partial charge in [-0.2, -0.15) is 4.31 Å². The van der Waals surface area contributed by atoms with Crippen molar-refractivity contribution in [2.45, 2.75) is 44.4 Å². The Morgan fingerprint density at radius 2 is 1.61 bits per heavy atom. The molecule has 0 unspecified atom stereocenters. The molecule has 2 aliphatic rings. The lowest BCUT2D eigenvalue weighted by Gasteiger charge is -2.38. The van der Waals surface area contributed by atoms with Crippen molar-refractivity contribution in [1.82, 2.24) is 9.21 Å². The van der Waals surface area contributed by atoms with Crippen LogP contribution in [0.4, 0.5) is 0 Å². The molecule has 1 aromatic rings. The summed E-state index contributed by atoms with van der Waals surface area (Å²) in [4.78, 5) is 26.3. The van der Waals surface area contributed by atoms with Crippen LogP contribution in [0.1, 0.15) is 36.8 Å². The molecule has 1 aromatic carbocycles. The summed E-state index contributed by atoms with van der Waals surface area (Å²) in [5.41, 5.74) is 1.59. The van der Waals surface area contributed by atoms with Crippen LogP contribution in [-0.2, 0) is 19.6 Å². The Morgan fingerprint density at radius 3 is 2.21 bits per heavy atom. The zero-order chi connectivity index (χ0) is 20.5. The monoisotopic (exact) mass is 408 g/mol. The highest BCUT2D eigenvalue weighted by Gasteiger charge is 2.39. The Hall–Kier alpha value is -1.93. The lowest BCUT2D eigenvalue weighted by atomic mass is 9.78. The maximum Gasteiger partial charge on any atom is 0.307 e. The standard InChI is InChI=1S/C20H28N2O5S/c1-14-7-8-15(2)18(13-14)28(26,27)22-11-9-21(10-12-22)19(23)16-5-3-4-6-17(16)20(24)25/h7-8,13,16-17H,3-6,9-12H2,1-2H3,(H,24,25)/t16-,17-/m1/s1. The van der Waals surface area contributed by atoms with Crippen LogP contribution in [-0.4, -0.2) is 60.8 Å². The summed E-state index contributed by atoms with van der Waals surface area (Å²) in [7, 11) is -3.61. The zero-order valence-electron chi connectivity index (χ0n) is 16.4. The first-order valence-electron chi connectivity index (χ1n) is 9.81. The van der Waals surface area contributed by atoms with Crippen molar-refractivity contribution >= 4 is 21.9 Å². The molecule has 2 atom stereocenters. The van der Waals surface area contributed by atoms with Gasteiger partial charge >= 0.3 is 5.97 Å². The Kier molecular flexibility index (Phi) is 6.09. The van der Waals surface area contributed by atoms with Gasteiger partial charge in [-0.15, -0.1) is 0 Å². The number of hydrogen-bond donors (Lipinski definition) is 1. The molecule has 3 rings (SSSR count). The molecule has 1 saturated heterocycles. The van der Waals surface area contributed by atoms with Gasteiger partial charge < -0.3 is 10.0 Å². The fraction of sp³-hybridized carbons (Fsp3) is 0.600. The van der Waals surface area contributed by atoms with E-state index in [1.807, 2.05) is 13.0 Å². The van der Waals surface area contributed by atoms with Gasteiger partial charge in [-0.25, -0.2) is 8.42 Å². The number of aryl methyl sites for hydroxylation is 2. The topological polar surface area (TPSA) is 95.0 Å². The number of aliphatic carboxylic acids is 1. The highest BCUT2D eigenvalue weighted by Crippen LogP contribution is 2.32. The number of carboxylic acids is 1. The minimum absolute atomic E-state index is 0.143. The number of carbonyl (C=O) groups excluding carboxylic acids is 1. The smallest absolute Gasteiger partial charge is 0.307 e. The number of hydrogen-bond acceptors (Lipinski definition) is 4. The Bertz CT molecular complexity index is 859. The van der Waals surface area contributed by atoms with Gasteiger partial charge in [0.1, 0.15) is 0 Å². The Labute approximate surface area is 166 Å². The summed E-state index contributed by atoms with van der Waals surface area (Å²) >= 11 is 0. The van der Waals surface area contributed by atoms with Gasteiger partial charge in [-0.1, -0.05) is 25.0 Å². The molecule has 0 radical (unpaired) electrons. The van der Waals surface area contributed by atoms with Crippen molar-refractivity contribution in [2.24, 2.45) is 11.8 Å². The number of nitrogens with zero attached hydrogens (tertiary/aromatic N) is 2. The minimum Gasteiger partial charge on any atom is -0.481 e. The largest absolute Gasteiger partial charge is 0.481 e.